The summed E-state index contributed by atoms with van der Waals surface area (Å²) in [6.07, 6.45) is 0. The van der Waals surface area contributed by atoms with Crippen molar-refractivity contribution in [3.05, 3.63) is 64.2 Å². The molecule has 0 bridgehead atoms. The fraction of sp³-hybridized carbons (Fsp3) is 0.133. The summed E-state index contributed by atoms with van der Waals surface area (Å²) in [5.41, 5.74) is 7.39. The maximum Gasteiger partial charge on any atom is 0.196 e. The van der Waals surface area contributed by atoms with Crippen molar-refractivity contribution in [2.24, 2.45) is 0 Å². The van der Waals surface area contributed by atoms with Crippen molar-refractivity contribution in [1.29, 1.82) is 0 Å². The Kier molecular flexibility index (Phi) is 3.34. The molecule has 0 saturated heterocycles. The van der Waals surface area contributed by atoms with Crippen molar-refractivity contribution < 1.29 is 13.6 Å². The van der Waals surface area contributed by atoms with E-state index in [0.717, 1.165) is 11.6 Å². The van der Waals surface area contributed by atoms with Gasteiger partial charge in [-0.1, -0.05) is 12.1 Å². The van der Waals surface area contributed by atoms with Crippen molar-refractivity contribution in [1.82, 2.24) is 0 Å². The quantitative estimate of drug-likeness (QED) is 0.665. The molecule has 0 fully saturated rings. The Morgan fingerprint density at radius 2 is 1.68 bits per heavy atom. The standard InChI is InChI=1S/C15H13F2NO/c1-8-3-4-10(6-14(8)18)15(19)11-5-9(2)12(16)7-13(11)17/h3-7H,18H2,1-2H3. The molecule has 0 aliphatic carbocycles. The van der Waals surface area contributed by atoms with Crippen molar-refractivity contribution in [2.45, 2.75) is 13.8 Å². The SMILES string of the molecule is Cc1ccc(C(=O)c2cc(C)c(F)cc2F)cc1N. The van der Waals surface area contributed by atoms with Crippen molar-refractivity contribution >= 4 is 11.5 Å². The minimum Gasteiger partial charge on any atom is -0.398 e. The Bertz CT molecular complexity index is 665. The Hall–Kier alpha value is -2.23. The highest BCUT2D eigenvalue weighted by Gasteiger charge is 2.16. The predicted molar refractivity (Wildman–Crippen MR) is 70.1 cm³/mol. The van der Waals surface area contributed by atoms with Gasteiger partial charge in [0, 0.05) is 17.3 Å². The van der Waals surface area contributed by atoms with Crippen LogP contribution in [0, 0.1) is 25.5 Å². The van der Waals surface area contributed by atoms with E-state index in [1.165, 1.54) is 19.1 Å². The molecule has 2 rings (SSSR count). The van der Waals surface area contributed by atoms with E-state index in [0.29, 0.717) is 5.69 Å². The Labute approximate surface area is 109 Å². The van der Waals surface area contributed by atoms with Gasteiger partial charge >= 0.3 is 0 Å². The molecular formula is C15H13F2NO. The van der Waals surface area contributed by atoms with E-state index in [1.54, 1.807) is 12.1 Å². The van der Waals surface area contributed by atoms with Crippen LogP contribution in [-0.4, -0.2) is 5.78 Å². The third-order valence-electron chi connectivity index (χ3n) is 3.03. The lowest BCUT2D eigenvalue weighted by Crippen LogP contribution is -2.07. The normalized spacial score (nSPS) is 10.5. The minimum absolute atomic E-state index is 0.151. The van der Waals surface area contributed by atoms with Crippen molar-refractivity contribution in [3.8, 4) is 0 Å². The molecule has 2 nitrogen and oxygen atoms in total. The fourth-order valence-corrected chi connectivity index (χ4v) is 1.77. The number of carbonyl (C=O) groups excluding carboxylic acids is 1. The number of benzene rings is 2. The first-order valence-corrected chi connectivity index (χ1v) is 5.76. The second kappa shape index (κ2) is 4.80. The van der Waals surface area contributed by atoms with E-state index in [1.807, 2.05) is 6.92 Å². The molecular weight excluding hydrogens is 248 g/mol. The van der Waals surface area contributed by atoms with Crippen LogP contribution in [0.4, 0.5) is 14.5 Å². The molecule has 0 aromatic heterocycles. The zero-order valence-corrected chi connectivity index (χ0v) is 10.6. The third-order valence-corrected chi connectivity index (χ3v) is 3.03. The van der Waals surface area contributed by atoms with Crippen molar-refractivity contribution in [2.75, 3.05) is 5.73 Å². The third kappa shape index (κ3) is 2.47. The number of hydrogen-bond acceptors (Lipinski definition) is 2. The maximum atomic E-state index is 13.7. The van der Waals surface area contributed by atoms with Crippen LogP contribution in [0.2, 0.25) is 0 Å². The van der Waals surface area contributed by atoms with Gasteiger partial charge in [-0.05, 0) is 37.1 Å². The maximum absolute atomic E-state index is 13.7. The lowest BCUT2D eigenvalue weighted by molar-refractivity contribution is 0.103. The van der Waals surface area contributed by atoms with Crippen molar-refractivity contribution in [3.63, 3.8) is 0 Å². The number of nitrogens with two attached hydrogens (primary N) is 1. The summed E-state index contributed by atoms with van der Waals surface area (Å²) >= 11 is 0. The zero-order valence-electron chi connectivity index (χ0n) is 10.6. The molecule has 0 aliphatic heterocycles. The number of hydrogen-bond donors (Lipinski definition) is 1. The van der Waals surface area contributed by atoms with Gasteiger partial charge in [-0.2, -0.15) is 0 Å². The van der Waals surface area contributed by atoms with Gasteiger partial charge in [0.2, 0.25) is 0 Å². The monoisotopic (exact) mass is 261 g/mol. The molecule has 0 amide bonds. The number of halogens is 2. The zero-order chi connectivity index (χ0) is 14.2. The van der Waals surface area contributed by atoms with Crippen LogP contribution >= 0.6 is 0 Å². The topological polar surface area (TPSA) is 43.1 Å². The number of anilines is 1. The van der Waals surface area contributed by atoms with Crippen LogP contribution in [0.1, 0.15) is 27.0 Å². The summed E-state index contributed by atoms with van der Waals surface area (Å²) < 4.78 is 26.8. The highest BCUT2D eigenvalue weighted by atomic mass is 19.1. The predicted octanol–water partition coefficient (Wildman–Crippen LogP) is 3.39. The smallest absolute Gasteiger partial charge is 0.196 e. The largest absolute Gasteiger partial charge is 0.398 e. The summed E-state index contributed by atoms with van der Waals surface area (Å²) in [5, 5.41) is 0. The van der Waals surface area contributed by atoms with Crippen LogP contribution < -0.4 is 5.73 Å². The molecule has 0 saturated carbocycles. The molecule has 2 N–H and O–H groups in total. The van der Waals surface area contributed by atoms with Gasteiger partial charge < -0.3 is 5.73 Å². The first kappa shape index (κ1) is 13.2. The highest BCUT2D eigenvalue weighted by Crippen LogP contribution is 2.20. The first-order chi connectivity index (χ1) is 8.90. The van der Waals surface area contributed by atoms with Crippen LogP contribution in [0.5, 0.6) is 0 Å². The fourth-order valence-electron chi connectivity index (χ4n) is 1.77. The molecule has 98 valence electrons. The molecule has 0 aliphatic rings. The van der Waals surface area contributed by atoms with Crippen LogP contribution in [0.15, 0.2) is 30.3 Å². The molecule has 0 radical (unpaired) electrons. The molecule has 0 unspecified atom stereocenters. The minimum atomic E-state index is -0.868. The van der Waals surface area contributed by atoms with Crippen LogP contribution in [-0.2, 0) is 0 Å². The second-order valence-electron chi connectivity index (χ2n) is 4.48. The van der Waals surface area contributed by atoms with Gasteiger partial charge in [0.25, 0.3) is 0 Å². The number of nitrogen functional groups attached to an aromatic ring is 1. The van der Waals surface area contributed by atoms with Gasteiger partial charge in [0.15, 0.2) is 5.78 Å². The first-order valence-electron chi connectivity index (χ1n) is 5.76. The van der Waals surface area contributed by atoms with E-state index in [9.17, 15) is 13.6 Å². The second-order valence-corrected chi connectivity index (χ2v) is 4.48. The molecule has 0 atom stereocenters. The van der Waals surface area contributed by atoms with E-state index in [2.05, 4.69) is 0 Å². The summed E-state index contributed by atoms with van der Waals surface area (Å²) in [7, 11) is 0. The number of carbonyl (C=O) groups is 1. The average Bonchev–Trinajstić information content (AvgIpc) is 2.36. The lowest BCUT2D eigenvalue weighted by atomic mass is 9.99. The number of ketones is 1. The summed E-state index contributed by atoms with van der Waals surface area (Å²) in [6.45, 7) is 3.29. The van der Waals surface area contributed by atoms with Gasteiger partial charge in [0.1, 0.15) is 11.6 Å². The lowest BCUT2D eigenvalue weighted by Gasteiger charge is -2.07. The Morgan fingerprint density at radius 3 is 2.32 bits per heavy atom. The molecule has 2 aromatic rings. The van der Waals surface area contributed by atoms with Gasteiger partial charge in [0.05, 0.1) is 5.56 Å². The highest BCUT2D eigenvalue weighted by molar-refractivity contribution is 6.09. The van der Waals surface area contributed by atoms with E-state index in [4.69, 9.17) is 5.73 Å². The molecule has 0 heterocycles. The molecule has 19 heavy (non-hydrogen) atoms. The molecule has 2 aromatic carbocycles. The van der Waals surface area contributed by atoms with Gasteiger partial charge in [-0.15, -0.1) is 0 Å². The molecule has 0 spiro atoms. The van der Waals surface area contributed by atoms with Gasteiger partial charge in [-0.3, -0.25) is 4.79 Å². The number of aryl methyl sites for hydroxylation is 2. The van der Waals surface area contributed by atoms with E-state index >= 15 is 0 Å². The van der Waals surface area contributed by atoms with Crippen LogP contribution in [0.3, 0.4) is 0 Å². The summed E-state index contributed by atoms with van der Waals surface area (Å²) in [6, 6.07) is 6.70. The average molecular weight is 261 g/mol. The Morgan fingerprint density at radius 1 is 1.00 bits per heavy atom. The molecule has 4 heteroatoms. The summed E-state index contributed by atoms with van der Waals surface area (Å²) in [4.78, 5) is 12.2. The van der Waals surface area contributed by atoms with Gasteiger partial charge in [-0.25, -0.2) is 8.78 Å². The number of rotatable bonds is 2. The van der Waals surface area contributed by atoms with E-state index < -0.39 is 17.4 Å². The summed E-state index contributed by atoms with van der Waals surface area (Å²) in [5.74, 6) is -2.04. The van der Waals surface area contributed by atoms with Crippen LogP contribution in [0.25, 0.3) is 0 Å². The van der Waals surface area contributed by atoms with E-state index in [-0.39, 0.29) is 16.7 Å². The Balaban J connectivity index is 2.49.